The third kappa shape index (κ3) is 5.85. The van der Waals surface area contributed by atoms with Crippen LogP contribution >= 0.6 is 0 Å². The van der Waals surface area contributed by atoms with E-state index in [2.05, 4.69) is 5.32 Å². The van der Waals surface area contributed by atoms with Crippen molar-refractivity contribution in [3.05, 3.63) is 90.0 Å². The Balaban J connectivity index is 1.65. The van der Waals surface area contributed by atoms with E-state index in [9.17, 15) is 19.8 Å². The summed E-state index contributed by atoms with van der Waals surface area (Å²) in [5.74, 6) is -1.35. The molecule has 0 aliphatic heterocycles. The predicted molar refractivity (Wildman–Crippen MR) is 115 cm³/mol. The first-order valence-electron chi connectivity index (χ1n) is 9.89. The summed E-state index contributed by atoms with van der Waals surface area (Å²) in [5, 5.41) is 23.2. The number of amides is 1. The number of alkyl carbamates (subject to hydrolysis) is 1. The van der Waals surface area contributed by atoms with E-state index in [1.54, 1.807) is 26.0 Å². The fraction of sp³-hybridized carbons (Fsp3) is 0.200. The first-order chi connectivity index (χ1) is 14.7. The lowest BCUT2D eigenvalue weighted by molar-refractivity contribution is -0.308. The first kappa shape index (κ1) is 21.9. The molecule has 0 aliphatic carbocycles. The predicted octanol–water partition coefficient (Wildman–Crippen LogP) is 3.38. The number of phenols is 1. The number of aromatic hydroxyl groups is 1. The van der Waals surface area contributed by atoms with Gasteiger partial charge in [-0.25, -0.2) is 4.79 Å². The van der Waals surface area contributed by atoms with Crippen molar-refractivity contribution in [2.75, 3.05) is 0 Å². The van der Waals surface area contributed by atoms with E-state index in [1.165, 1.54) is 12.1 Å². The molecule has 31 heavy (non-hydrogen) atoms. The van der Waals surface area contributed by atoms with Gasteiger partial charge in [0.25, 0.3) is 0 Å². The molecule has 1 unspecified atom stereocenters. The monoisotopic (exact) mass is 418 g/mol. The van der Waals surface area contributed by atoms with Crippen molar-refractivity contribution in [3.8, 4) is 16.9 Å². The Bertz CT molecular complexity index is 1030. The number of ether oxygens (including phenoxy) is 1. The van der Waals surface area contributed by atoms with Crippen molar-refractivity contribution in [2.45, 2.75) is 31.9 Å². The Labute approximate surface area is 181 Å². The Morgan fingerprint density at radius 1 is 0.935 bits per heavy atom. The number of phenolic OH excluding ortho intramolecular Hbond substituents is 1. The molecule has 3 aromatic rings. The standard InChI is InChI=1S/C25H25NO5/c1-25(2,20-12-10-19(11-13-20)18-6-4-3-5-7-18)31-24(30)26-22(23(28)29)16-17-8-14-21(27)15-9-17/h3-15,22,27H,16H2,1-2H3,(H,26,30)(H,28,29)/p-1. The van der Waals surface area contributed by atoms with Gasteiger partial charge in [-0.1, -0.05) is 66.7 Å². The van der Waals surface area contributed by atoms with Crippen molar-refractivity contribution in [1.29, 1.82) is 0 Å². The molecule has 3 rings (SSSR count). The minimum absolute atomic E-state index is 0.00388. The van der Waals surface area contributed by atoms with Gasteiger partial charge in [-0.3, -0.25) is 0 Å². The van der Waals surface area contributed by atoms with Crippen molar-refractivity contribution >= 4 is 12.1 Å². The highest BCUT2D eigenvalue weighted by molar-refractivity contribution is 5.79. The number of rotatable bonds is 7. The van der Waals surface area contributed by atoms with Crippen LogP contribution in [0.3, 0.4) is 0 Å². The van der Waals surface area contributed by atoms with Crippen LogP contribution < -0.4 is 10.4 Å². The summed E-state index contributed by atoms with van der Waals surface area (Å²) < 4.78 is 5.53. The summed E-state index contributed by atoms with van der Waals surface area (Å²) in [7, 11) is 0. The molecule has 1 amide bonds. The maximum atomic E-state index is 12.4. The summed E-state index contributed by atoms with van der Waals surface area (Å²) in [6.45, 7) is 3.47. The van der Waals surface area contributed by atoms with Crippen molar-refractivity contribution in [3.63, 3.8) is 0 Å². The zero-order valence-electron chi connectivity index (χ0n) is 17.4. The van der Waals surface area contributed by atoms with Crippen LogP contribution in [0.15, 0.2) is 78.9 Å². The second-order valence-corrected chi connectivity index (χ2v) is 7.73. The van der Waals surface area contributed by atoms with Crippen LogP contribution in [0.25, 0.3) is 11.1 Å². The Hall–Kier alpha value is -3.80. The molecule has 3 aromatic carbocycles. The molecular formula is C25H24NO5-. The van der Waals surface area contributed by atoms with E-state index < -0.39 is 23.7 Å². The van der Waals surface area contributed by atoms with Crippen LogP contribution in [0, 0.1) is 0 Å². The summed E-state index contributed by atoms with van der Waals surface area (Å²) >= 11 is 0. The van der Waals surface area contributed by atoms with Crippen LogP contribution in [0.4, 0.5) is 4.79 Å². The van der Waals surface area contributed by atoms with E-state index in [1.807, 2.05) is 54.6 Å². The molecule has 6 heteroatoms. The molecule has 0 aromatic heterocycles. The fourth-order valence-electron chi connectivity index (χ4n) is 3.22. The zero-order chi connectivity index (χ0) is 22.4. The number of carbonyl (C=O) groups is 2. The maximum absolute atomic E-state index is 12.4. The molecule has 0 radical (unpaired) electrons. The highest BCUT2D eigenvalue weighted by Gasteiger charge is 2.27. The van der Waals surface area contributed by atoms with E-state index in [0.29, 0.717) is 5.56 Å². The number of carboxylic acid groups (broad SMARTS) is 1. The van der Waals surface area contributed by atoms with Crippen molar-refractivity contribution in [1.82, 2.24) is 5.32 Å². The van der Waals surface area contributed by atoms with Crippen LogP contribution in [0.5, 0.6) is 5.75 Å². The average Bonchev–Trinajstić information content (AvgIpc) is 2.75. The van der Waals surface area contributed by atoms with E-state index >= 15 is 0 Å². The largest absolute Gasteiger partial charge is 0.548 e. The van der Waals surface area contributed by atoms with Crippen molar-refractivity contribution < 1.29 is 24.5 Å². The minimum atomic E-state index is -1.42. The SMILES string of the molecule is CC(C)(OC(=O)NC(Cc1ccc(O)cc1)C(=O)[O-])c1ccc(-c2ccccc2)cc1. The van der Waals surface area contributed by atoms with E-state index in [0.717, 1.165) is 16.7 Å². The third-order valence-corrected chi connectivity index (χ3v) is 4.99. The lowest BCUT2D eigenvalue weighted by atomic mass is 9.95. The van der Waals surface area contributed by atoms with Gasteiger partial charge in [0.2, 0.25) is 0 Å². The molecule has 0 bridgehead atoms. The third-order valence-electron chi connectivity index (χ3n) is 4.99. The van der Waals surface area contributed by atoms with Gasteiger partial charge < -0.3 is 25.1 Å². The summed E-state index contributed by atoms with van der Waals surface area (Å²) in [6.07, 6.45) is -0.852. The van der Waals surface area contributed by atoms with Gasteiger partial charge in [-0.05, 0) is 54.7 Å². The van der Waals surface area contributed by atoms with Crippen LogP contribution in [-0.4, -0.2) is 23.2 Å². The Morgan fingerprint density at radius 2 is 1.52 bits per heavy atom. The summed E-state index contributed by atoms with van der Waals surface area (Å²) in [4.78, 5) is 23.9. The quantitative estimate of drug-likeness (QED) is 0.613. The minimum Gasteiger partial charge on any atom is -0.548 e. The summed E-state index contributed by atoms with van der Waals surface area (Å²) in [6, 6.07) is 22.3. The molecule has 6 nitrogen and oxygen atoms in total. The normalized spacial score (nSPS) is 12.1. The number of benzene rings is 3. The molecule has 2 N–H and O–H groups in total. The fourth-order valence-corrected chi connectivity index (χ4v) is 3.22. The average molecular weight is 418 g/mol. The van der Waals surface area contributed by atoms with Crippen LogP contribution in [0.1, 0.15) is 25.0 Å². The lowest BCUT2D eigenvalue weighted by Gasteiger charge is -2.28. The second-order valence-electron chi connectivity index (χ2n) is 7.73. The number of carbonyl (C=O) groups excluding carboxylic acids is 2. The van der Waals surface area contributed by atoms with E-state index in [4.69, 9.17) is 4.74 Å². The molecule has 1 atom stereocenters. The number of nitrogens with one attached hydrogen (secondary N) is 1. The van der Waals surface area contributed by atoms with Gasteiger partial charge in [-0.15, -0.1) is 0 Å². The van der Waals surface area contributed by atoms with Gasteiger partial charge in [0.1, 0.15) is 11.4 Å². The molecular weight excluding hydrogens is 394 g/mol. The Morgan fingerprint density at radius 3 is 2.10 bits per heavy atom. The van der Waals surface area contributed by atoms with Gasteiger partial charge in [-0.2, -0.15) is 0 Å². The highest BCUT2D eigenvalue weighted by Crippen LogP contribution is 2.28. The van der Waals surface area contributed by atoms with Gasteiger partial charge in [0.05, 0.1) is 12.0 Å². The number of carboxylic acids is 1. The number of hydrogen-bond donors (Lipinski definition) is 2. The molecule has 0 aliphatic rings. The number of aliphatic carboxylic acids is 1. The van der Waals surface area contributed by atoms with Gasteiger partial charge in [0.15, 0.2) is 0 Å². The molecule has 0 saturated heterocycles. The summed E-state index contributed by atoms with van der Waals surface area (Å²) in [5.41, 5.74) is 2.54. The molecule has 0 spiro atoms. The van der Waals surface area contributed by atoms with Crippen molar-refractivity contribution in [2.24, 2.45) is 0 Å². The highest BCUT2D eigenvalue weighted by atomic mass is 16.6. The van der Waals surface area contributed by atoms with Gasteiger partial charge >= 0.3 is 6.09 Å². The molecule has 0 saturated carbocycles. The lowest BCUT2D eigenvalue weighted by Crippen LogP contribution is -2.50. The molecule has 160 valence electrons. The van der Waals surface area contributed by atoms with Crippen LogP contribution in [0.2, 0.25) is 0 Å². The Kier molecular flexibility index (Phi) is 6.60. The zero-order valence-corrected chi connectivity index (χ0v) is 17.4. The smallest absolute Gasteiger partial charge is 0.408 e. The first-order valence-corrected chi connectivity index (χ1v) is 9.89. The topological polar surface area (TPSA) is 98.7 Å². The second kappa shape index (κ2) is 9.34. The molecule has 0 fully saturated rings. The van der Waals surface area contributed by atoms with Crippen LogP contribution in [-0.2, 0) is 21.6 Å². The molecule has 0 heterocycles. The number of hydrogen-bond acceptors (Lipinski definition) is 5. The van der Waals surface area contributed by atoms with Gasteiger partial charge in [0, 0.05) is 0 Å². The van der Waals surface area contributed by atoms with E-state index in [-0.39, 0.29) is 12.2 Å². The maximum Gasteiger partial charge on any atom is 0.408 e.